The van der Waals surface area contributed by atoms with E-state index in [4.69, 9.17) is 39.5 Å². The van der Waals surface area contributed by atoms with Crippen molar-refractivity contribution in [3.8, 4) is 23.7 Å². The molecule has 2 unspecified atom stereocenters. The van der Waals surface area contributed by atoms with Gasteiger partial charge in [0.05, 0.1) is 0 Å². The van der Waals surface area contributed by atoms with Gasteiger partial charge in [0.1, 0.15) is 6.61 Å². The first-order valence-electron chi connectivity index (χ1n) is 6.77. The van der Waals surface area contributed by atoms with E-state index in [-0.39, 0.29) is 12.0 Å². The average molecular weight is 390 g/mol. The van der Waals surface area contributed by atoms with E-state index < -0.39 is 34.0 Å². The summed E-state index contributed by atoms with van der Waals surface area (Å²) in [6, 6.07) is 0. The molecule has 2 atom stereocenters. The lowest BCUT2D eigenvalue weighted by molar-refractivity contribution is -0.130. The largest absolute Gasteiger partial charge is 0.510 e. The first kappa shape index (κ1) is 18.7. The minimum absolute atomic E-state index is 0.0340. The molecule has 0 aromatic rings. The molecule has 0 spiro atoms. The van der Waals surface area contributed by atoms with Crippen LogP contribution in [-0.2, 0) is 14.3 Å². The van der Waals surface area contributed by atoms with Crippen LogP contribution in [0.25, 0.3) is 0 Å². The van der Waals surface area contributed by atoms with Gasteiger partial charge in [-0.3, -0.25) is 4.79 Å². The second kappa shape index (κ2) is 7.51. The molecule has 0 amide bonds. The fraction of sp³-hybridized carbons (Fsp3) is 0.375. The van der Waals surface area contributed by atoms with E-state index in [9.17, 15) is 14.7 Å². The van der Waals surface area contributed by atoms with E-state index in [1.807, 2.05) is 0 Å². The van der Waals surface area contributed by atoms with Crippen LogP contribution < -0.4 is 0 Å². The molecule has 2 aliphatic carbocycles. The zero-order chi connectivity index (χ0) is 17.8. The Morgan fingerprint density at radius 1 is 1.38 bits per heavy atom. The van der Waals surface area contributed by atoms with Gasteiger partial charge in [-0.2, -0.15) is 0 Å². The van der Waals surface area contributed by atoms with Gasteiger partial charge in [-0.15, -0.1) is 0 Å². The van der Waals surface area contributed by atoms with Crippen LogP contribution in [-0.4, -0.2) is 39.1 Å². The number of hydrogen-bond acceptors (Lipinski definition) is 5. The molecule has 0 fully saturated rings. The number of aliphatic hydroxyl groups is 1. The number of halogens is 3. The number of alkyl halides is 3. The topological polar surface area (TPSA) is 72.8 Å². The Morgan fingerprint density at radius 2 is 2.08 bits per heavy atom. The smallest absolute Gasteiger partial charge is 0.430 e. The molecule has 1 N–H and O–H groups in total. The zero-order valence-corrected chi connectivity index (χ0v) is 14.4. The lowest BCUT2D eigenvalue weighted by Crippen LogP contribution is -2.43. The van der Waals surface area contributed by atoms with Gasteiger partial charge in [0.15, 0.2) is 11.7 Å². The maximum Gasteiger partial charge on any atom is 0.510 e. The third-order valence-electron chi connectivity index (χ3n) is 3.10. The first-order valence-corrected chi connectivity index (χ1v) is 7.91. The molecule has 0 radical (unpaired) electrons. The maximum absolute atomic E-state index is 12.5. The van der Waals surface area contributed by atoms with Crippen molar-refractivity contribution in [2.75, 3.05) is 6.61 Å². The normalized spacial score (nSPS) is 25.4. The monoisotopic (exact) mass is 388 g/mol. The summed E-state index contributed by atoms with van der Waals surface area (Å²) in [5.41, 5.74) is -1.80. The predicted molar refractivity (Wildman–Crippen MR) is 88.5 cm³/mol. The van der Waals surface area contributed by atoms with Crippen LogP contribution in [0.2, 0.25) is 0 Å². The Labute approximate surface area is 153 Å². The number of carbonyl (C=O) groups is 2. The number of fused-ring (bicyclic) bond motifs is 2. The van der Waals surface area contributed by atoms with Crippen LogP contribution in [0.15, 0.2) is 23.8 Å². The molecule has 0 heterocycles. The number of rotatable bonds is 2. The molecule has 0 saturated heterocycles. The Morgan fingerprint density at radius 3 is 2.79 bits per heavy atom. The van der Waals surface area contributed by atoms with E-state index in [1.54, 1.807) is 6.08 Å². The van der Waals surface area contributed by atoms with Crippen LogP contribution in [0.5, 0.6) is 0 Å². The molecule has 24 heavy (non-hydrogen) atoms. The highest BCUT2D eigenvalue weighted by atomic mass is 35.6. The van der Waals surface area contributed by atoms with Crippen molar-refractivity contribution in [3.05, 3.63) is 23.8 Å². The van der Waals surface area contributed by atoms with Gasteiger partial charge in [0.2, 0.25) is 9.58 Å². The van der Waals surface area contributed by atoms with Crippen LogP contribution in [0.4, 0.5) is 4.79 Å². The molecule has 0 aliphatic heterocycles. The summed E-state index contributed by atoms with van der Waals surface area (Å²) in [7, 11) is 0. The zero-order valence-electron chi connectivity index (χ0n) is 12.1. The highest BCUT2D eigenvalue weighted by Gasteiger charge is 2.41. The summed E-state index contributed by atoms with van der Waals surface area (Å²) < 4.78 is 7.90. The van der Waals surface area contributed by atoms with E-state index in [2.05, 4.69) is 28.4 Å². The highest BCUT2D eigenvalue weighted by Crippen LogP contribution is 2.29. The number of hydrogen-bond donors (Lipinski definition) is 1. The van der Waals surface area contributed by atoms with Crippen molar-refractivity contribution in [2.45, 2.75) is 28.3 Å². The molecule has 2 bridgehead atoms. The van der Waals surface area contributed by atoms with Gasteiger partial charge < -0.3 is 14.6 Å². The molecule has 0 aromatic carbocycles. The van der Waals surface area contributed by atoms with Gasteiger partial charge in [-0.1, -0.05) is 58.6 Å². The molecule has 0 aromatic heterocycles. The first-order chi connectivity index (χ1) is 11.2. The third-order valence-corrected chi connectivity index (χ3v) is 3.43. The summed E-state index contributed by atoms with van der Waals surface area (Å²) in [5.74, 6) is 9.60. The van der Waals surface area contributed by atoms with E-state index in [0.29, 0.717) is 6.42 Å². The van der Waals surface area contributed by atoms with Gasteiger partial charge in [-0.05, 0) is 30.9 Å². The fourth-order valence-electron chi connectivity index (χ4n) is 2.04. The molecule has 2 rings (SSSR count). The molecule has 8 heteroatoms. The van der Waals surface area contributed by atoms with Gasteiger partial charge >= 0.3 is 6.16 Å². The van der Waals surface area contributed by atoms with Crippen molar-refractivity contribution in [1.29, 1.82) is 0 Å². The second-order valence-electron chi connectivity index (χ2n) is 4.93. The Hall–Kier alpha value is -1.63. The minimum Gasteiger partial charge on any atom is -0.430 e. The number of ketones is 1. The van der Waals surface area contributed by atoms with Crippen LogP contribution in [0.1, 0.15) is 12.8 Å². The number of allylic oxidation sites excluding steroid dienone is 3. The molecule has 5 nitrogen and oxygen atoms in total. The predicted octanol–water partition coefficient (Wildman–Crippen LogP) is 2.48. The van der Waals surface area contributed by atoms with E-state index in [1.165, 1.54) is 12.2 Å². The lowest BCUT2D eigenvalue weighted by atomic mass is 9.81. The molecule has 126 valence electrons. The van der Waals surface area contributed by atoms with E-state index >= 15 is 0 Å². The van der Waals surface area contributed by atoms with Gasteiger partial charge in [-0.25, -0.2) is 4.79 Å². The number of Topliss-reactive ketones (excluding diaryl/α,β-unsaturated/α-hetero) is 1. The second-order valence-corrected chi connectivity index (χ2v) is 7.45. The summed E-state index contributed by atoms with van der Waals surface area (Å²) in [4.78, 5) is 24.2. The average Bonchev–Trinajstić information content (AvgIpc) is 2.49. The Bertz CT molecular complexity index is 727. The van der Waals surface area contributed by atoms with Gasteiger partial charge in [0, 0.05) is 5.57 Å². The summed E-state index contributed by atoms with van der Waals surface area (Å²) in [6.07, 6.45) is 2.48. The van der Waals surface area contributed by atoms with Gasteiger partial charge in [0.25, 0.3) is 0 Å². The van der Waals surface area contributed by atoms with E-state index in [0.717, 1.165) is 0 Å². The summed E-state index contributed by atoms with van der Waals surface area (Å²) in [5, 5.41) is 10.4. The standard InChI is InChI=1S/C16H11Cl3O5/c17-16(18,19)10-23-14(21)24-12-7-3-1-2-4-8-15(22)9-5-6-11(12)13(15)20/h1-2,6,12,22H,5,9-10H2. The summed E-state index contributed by atoms with van der Waals surface area (Å²) >= 11 is 16.4. The van der Waals surface area contributed by atoms with Crippen molar-refractivity contribution in [1.82, 2.24) is 0 Å². The Balaban J connectivity index is 2.22. The molecular weight excluding hydrogens is 379 g/mol. The fourth-order valence-corrected chi connectivity index (χ4v) is 2.20. The number of carbonyl (C=O) groups excluding carboxylic acids is 2. The quantitative estimate of drug-likeness (QED) is 0.446. The Kier molecular flexibility index (Phi) is 5.85. The lowest BCUT2D eigenvalue weighted by Gasteiger charge is -2.28. The van der Waals surface area contributed by atoms with Crippen molar-refractivity contribution >= 4 is 46.7 Å². The van der Waals surface area contributed by atoms with Crippen LogP contribution in [0, 0.1) is 23.7 Å². The molecule has 2 aliphatic rings. The molecular formula is C16H11Cl3O5. The highest BCUT2D eigenvalue weighted by molar-refractivity contribution is 6.67. The van der Waals surface area contributed by atoms with Crippen molar-refractivity contribution in [2.24, 2.45) is 0 Å². The summed E-state index contributed by atoms with van der Waals surface area (Å²) in [6.45, 7) is -0.529. The SMILES string of the molecule is O=C(OCC(Cl)(Cl)Cl)OC1C#CC=CC#CC2(O)CCC=C1C2=O. The minimum atomic E-state index is -1.84. The van der Waals surface area contributed by atoms with Crippen molar-refractivity contribution < 1.29 is 24.2 Å². The third kappa shape index (κ3) is 4.93. The maximum atomic E-state index is 12.5. The number of ether oxygens (including phenoxy) is 2. The van der Waals surface area contributed by atoms with Crippen LogP contribution in [0.3, 0.4) is 0 Å². The van der Waals surface area contributed by atoms with Crippen LogP contribution >= 0.6 is 34.8 Å². The van der Waals surface area contributed by atoms with Crippen molar-refractivity contribution in [3.63, 3.8) is 0 Å². The molecule has 0 saturated carbocycles.